The van der Waals surface area contributed by atoms with Crippen molar-refractivity contribution in [3.8, 4) is 0 Å². The number of fused-ring (bicyclic) bond motifs is 4. The molecule has 1 N–H and O–H groups in total. The van der Waals surface area contributed by atoms with Crippen LogP contribution in [-0.4, -0.2) is 28.9 Å². The van der Waals surface area contributed by atoms with E-state index in [0.29, 0.717) is 5.92 Å². The summed E-state index contributed by atoms with van der Waals surface area (Å²) in [6.45, 7) is 17.1. The molecule has 2 unspecified atom stereocenters. The van der Waals surface area contributed by atoms with Crippen molar-refractivity contribution in [3.63, 3.8) is 0 Å². The van der Waals surface area contributed by atoms with Crippen LogP contribution < -0.4 is 0 Å². The van der Waals surface area contributed by atoms with Gasteiger partial charge in [0.1, 0.15) is 12.0 Å². The molecule has 0 aromatic carbocycles. The summed E-state index contributed by atoms with van der Waals surface area (Å²) in [4.78, 5) is 37.6. The minimum absolute atomic E-state index is 0.0475. The Balaban J connectivity index is 1.69. The van der Waals surface area contributed by atoms with Crippen molar-refractivity contribution in [2.24, 2.45) is 39.4 Å². The first-order chi connectivity index (χ1) is 17.1. The van der Waals surface area contributed by atoms with E-state index in [1.165, 1.54) is 6.92 Å². The second kappa shape index (κ2) is 9.38. The SMILES string of the molecule is CC(=O)O[C@@H]1CC[C@]2(C)C3=C(CCC2C1(C)C)[C@]1(C)CC[C@H](C(C(=O)O)C(=O)CC=C(C)C)[C@@]1(C)CC3. The van der Waals surface area contributed by atoms with E-state index in [-0.39, 0.29) is 51.9 Å². The van der Waals surface area contributed by atoms with Gasteiger partial charge in [0.05, 0.1) is 0 Å². The van der Waals surface area contributed by atoms with Crippen molar-refractivity contribution in [1.29, 1.82) is 0 Å². The second-order valence-electron chi connectivity index (χ2n) is 14.1. The van der Waals surface area contributed by atoms with E-state index >= 15 is 0 Å². The molecular formula is C32H48O5. The quantitative estimate of drug-likeness (QED) is 0.229. The number of carbonyl (C=O) groups is 3. The average Bonchev–Trinajstić information content (AvgIpc) is 3.05. The molecule has 37 heavy (non-hydrogen) atoms. The van der Waals surface area contributed by atoms with Crippen molar-refractivity contribution in [1.82, 2.24) is 0 Å². The first kappa shape index (κ1) is 28.1. The van der Waals surface area contributed by atoms with Gasteiger partial charge in [-0.3, -0.25) is 14.4 Å². The third kappa shape index (κ3) is 4.23. The van der Waals surface area contributed by atoms with Crippen molar-refractivity contribution in [2.75, 3.05) is 0 Å². The van der Waals surface area contributed by atoms with Gasteiger partial charge in [0.2, 0.25) is 0 Å². The van der Waals surface area contributed by atoms with Gasteiger partial charge in [-0.15, -0.1) is 0 Å². The summed E-state index contributed by atoms with van der Waals surface area (Å²) < 4.78 is 5.81. The van der Waals surface area contributed by atoms with Crippen molar-refractivity contribution < 1.29 is 24.2 Å². The van der Waals surface area contributed by atoms with Crippen LogP contribution in [0.1, 0.15) is 113 Å². The molecule has 0 spiro atoms. The Kier molecular flexibility index (Phi) is 7.12. The van der Waals surface area contributed by atoms with E-state index < -0.39 is 11.9 Å². The third-order valence-corrected chi connectivity index (χ3v) is 11.8. The number of aliphatic carboxylic acids is 1. The van der Waals surface area contributed by atoms with Gasteiger partial charge >= 0.3 is 11.9 Å². The summed E-state index contributed by atoms with van der Waals surface area (Å²) in [6, 6.07) is 0. The van der Waals surface area contributed by atoms with E-state index in [1.54, 1.807) is 11.1 Å². The summed E-state index contributed by atoms with van der Waals surface area (Å²) in [5.74, 6) is -1.92. The van der Waals surface area contributed by atoms with Crippen LogP contribution in [0, 0.1) is 39.4 Å². The van der Waals surface area contributed by atoms with Gasteiger partial charge < -0.3 is 9.84 Å². The highest BCUT2D eigenvalue weighted by Gasteiger charge is 2.65. The normalized spacial score (nSPS) is 39.1. The lowest BCUT2D eigenvalue weighted by Crippen LogP contribution is -2.56. The van der Waals surface area contributed by atoms with Crippen LogP contribution >= 0.6 is 0 Å². The fraction of sp³-hybridized carbons (Fsp3) is 0.781. The number of ketones is 1. The number of ether oxygens (including phenoxy) is 1. The molecule has 0 radical (unpaired) electrons. The number of carboxylic acid groups (broad SMARTS) is 1. The van der Waals surface area contributed by atoms with Gasteiger partial charge in [0.15, 0.2) is 5.78 Å². The minimum atomic E-state index is -0.955. The minimum Gasteiger partial charge on any atom is -0.481 e. The maximum absolute atomic E-state index is 13.2. The molecule has 4 aliphatic rings. The molecule has 0 aromatic heterocycles. The average molecular weight is 513 g/mol. The lowest BCUT2D eigenvalue weighted by molar-refractivity contribution is -0.167. The van der Waals surface area contributed by atoms with Crippen LogP contribution in [0.4, 0.5) is 0 Å². The molecule has 4 rings (SSSR count). The van der Waals surface area contributed by atoms with Gasteiger partial charge in [-0.25, -0.2) is 0 Å². The lowest BCUT2D eigenvalue weighted by atomic mass is 9.43. The number of hydrogen-bond acceptors (Lipinski definition) is 4. The molecule has 0 amide bonds. The molecule has 0 saturated heterocycles. The highest BCUT2D eigenvalue weighted by molar-refractivity contribution is 5.99. The van der Waals surface area contributed by atoms with E-state index in [1.807, 2.05) is 19.9 Å². The van der Waals surface area contributed by atoms with Gasteiger partial charge in [-0.2, -0.15) is 0 Å². The van der Waals surface area contributed by atoms with E-state index in [0.717, 1.165) is 56.9 Å². The Labute approximate surface area is 223 Å². The van der Waals surface area contributed by atoms with Gasteiger partial charge in [0.25, 0.3) is 0 Å². The number of Topliss-reactive ketones (excluding diaryl/α,β-unsaturated/α-hetero) is 1. The maximum atomic E-state index is 13.2. The predicted molar refractivity (Wildman–Crippen MR) is 145 cm³/mol. The molecule has 0 bridgehead atoms. The molecule has 206 valence electrons. The molecule has 4 aliphatic carbocycles. The molecular weight excluding hydrogens is 464 g/mol. The zero-order valence-corrected chi connectivity index (χ0v) is 24.3. The maximum Gasteiger partial charge on any atom is 0.314 e. The fourth-order valence-corrected chi connectivity index (χ4v) is 9.61. The zero-order chi connectivity index (χ0) is 27.6. The Hall–Kier alpha value is -1.91. The monoisotopic (exact) mass is 512 g/mol. The number of rotatable bonds is 6. The molecule has 0 heterocycles. The topological polar surface area (TPSA) is 80.7 Å². The number of hydrogen-bond donors (Lipinski definition) is 1. The highest BCUT2D eigenvalue weighted by atomic mass is 16.5. The molecule has 5 nitrogen and oxygen atoms in total. The summed E-state index contributed by atoms with van der Waals surface area (Å²) in [7, 11) is 0. The molecule has 7 atom stereocenters. The smallest absolute Gasteiger partial charge is 0.314 e. The first-order valence-corrected chi connectivity index (χ1v) is 14.4. The third-order valence-electron chi connectivity index (χ3n) is 11.8. The van der Waals surface area contributed by atoms with E-state index in [9.17, 15) is 19.5 Å². The molecule has 0 aliphatic heterocycles. The Morgan fingerprint density at radius 2 is 1.62 bits per heavy atom. The Bertz CT molecular complexity index is 1050. The van der Waals surface area contributed by atoms with Gasteiger partial charge in [-0.05, 0) is 93.3 Å². The number of carboxylic acids is 1. The Morgan fingerprint density at radius 1 is 0.946 bits per heavy atom. The predicted octanol–water partition coefficient (Wildman–Crippen LogP) is 7.29. The Morgan fingerprint density at radius 3 is 2.22 bits per heavy atom. The van der Waals surface area contributed by atoms with E-state index in [4.69, 9.17) is 4.74 Å². The molecule has 2 fully saturated rings. The first-order valence-electron chi connectivity index (χ1n) is 14.4. The lowest BCUT2D eigenvalue weighted by Gasteiger charge is -2.62. The summed E-state index contributed by atoms with van der Waals surface area (Å²) in [5, 5.41) is 10.2. The summed E-state index contributed by atoms with van der Waals surface area (Å²) in [5.41, 5.74) is 3.89. The van der Waals surface area contributed by atoms with Crippen LogP contribution in [-0.2, 0) is 19.1 Å². The molecule has 2 saturated carbocycles. The van der Waals surface area contributed by atoms with Crippen LogP contribution in [0.25, 0.3) is 0 Å². The van der Waals surface area contributed by atoms with Gasteiger partial charge in [-0.1, -0.05) is 57.4 Å². The van der Waals surface area contributed by atoms with Crippen LogP contribution in [0.2, 0.25) is 0 Å². The number of carbonyl (C=O) groups excluding carboxylic acids is 2. The van der Waals surface area contributed by atoms with Crippen LogP contribution in [0.3, 0.4) is 0 Å². The fourth-order valence-electron chi connectivity index (χ4n) is 9.61. The van der Waals surface area contributed by atoms with Crippen molar-refractivity contribution in [3.05, 3.63) is 22.8 Å². The number of allylic oxidation sites excluding steroid dienone is 4. The molecule has 0 aromatic rings. The van der Waals surface area contributed by atoms with Crippen molar-refractivity contribution in [2.45, 2.75) is 119 Å². The standard InChI is InChI=1S/C32H48O5/c1-19(2)9-11-24(34)27(28(35)36)23-14-18-31(7)22-10-12-25-29(4,5)26(37-20(3)33)15-16-30(25,6)21(22)13-17-32(23,31)8/h9,23,25-27H,10-18H2,1-8H3,(H,35,36)/t23-,25?,26-,27?,30-,31+,32-/m1/s1. The second-order valence-corrected chi connectivity index (χ2v) is 14.1. The highest BCUT2D eigenvalue weighted by Crippen LogP contribution is 2.72. The van der Waals surface area contributed by atoms with Crippen LogP contribution in [0.15, 0.2) is 22.8 Å². The number of esters is 1. The molecule has 5 heteroatoms. The van der Waals surface area contributed by atoms with Gasteiger partial charge in [0, 0.05) is 18.8 Å². The largest absolute Gasteiger partial charge is 0.481 e. The van der Waals surface area contributed by atoms with E-state index in [2.05, 4.69) is 34.6 Å². The summed E-state index contributed by atoms with van der Waals surface area (Å²) >= 11 is 0. The summed E-state index contributed by atoms with van der Waals surface area (Å²) in [6.07, 6.45) is 9.67. The van der Waals surface area contributed by atoms with Crippen molar-refractivity contribution >= 4 is 17.7 Å². The van der Waals surface area contributed by atoms with Crippen LogP contribution in [0.5, 0.6) is 0 Å². The zero-order valence-electron chi connectivity index (χ0n) is 24.3.